The van der Waals surface area contributed by atoms with Crippen LogP contribution in [0.4, 0.5) is 0 Å². The van der Waals surface area contributed by atoms with Crippen LogP contribution in [-0.2, 0) is 8.89 Å². The zero-order chi connectivity index (χ0) is 6.09. The van der Waals surface area contributed by atoms with Gasteiger partial charge in [-0.3, -0.25) is 0 Å². The summed E-state index contributed by atoms with van der Waals surface area (Å²) >= 11 is 0. The predicted molar refractivity (Wildman–Crippen MR) is 66.5 cm³/mol. The molecule has 15 heavy (non-hydrogen) atoms. The molecule has 0 bridgehead atoms. The molecule has 10 fully saturated rings. The first-order valence-electron chi connectivity index (χ1n) is 6.22. The van der Waals surface area contributed by atoms with E-state index in [4.69, 9.17) is 0 Å². The molecule has 10 aliphatic heterocycles. The number of hydrogen-bond acceptors (Lipinski definition) is 0. The van der Waals surface area contributed by atoms with E-state index in [0.29, 0.717) is 0 Å². The third-order valence-corrected chi connectivity index (χ3v) is 79.4. The first-order valence-corrected chi connectivity index (χ1v) is 15.2. The fraction of sp³-hybridized carbons (Fsp3) is 1.00. The van der Waals surface area contributed by atoms with Crippen LogP contribution >= 0.6 is 49.6 Å². The molecule has 0 amide bonds. The Labute approximate surface area is 99.8 Å². The SMILES string of the molecule is Cl.Cl.Cl.Cl.[CH]12[CH]3[CH]4[CH]5[CH]1[Ti]23451678[CH]2[CH]1[CH]6[CH]7[CH]28. The minimum absolute atomic E-state index is 0. The van der Waals surface area contributed by atoms with E-state index in [9.17, 15) is 0 Å². The minimum atomic E-state index is -2.63. The Bertz CT molecular complexity index is 585. The molecule has 0 aliphatic carbocycles. The van der Waals surface area contributed by atoms with Crippen molar-refractivity contribution in [1.29, 1.82) is 0 Å². The molecule has 0 aromatic carbocycles. The molecule has 10 rings (SSSR count). The summed E-state index contributed by atoms with van der Waals surface area (Å²) in [5.41, 5.74) is 0. The van der Waals surface area contributed by atoms with Crippen molar-refractivity contribution >= 4 is 49.6 Å². The van der Waals surface area contributed by atoms with Gasteiger partial charge in [-0.05, 0) is 0 Å². The molecule has 0 aromatic rings. The zero-order valence-electron chi connectivity index (χ0n) is 7.91. The first-order chi connectivity index (χ1) is 5.16. The molecule has 86 valence electrons. The number of halogens is 4. The Morgan fingerprint density at radius 2 is 0.467 bits per heavy atom. The van der Waals surface area contributed by atoms with Crippen molar-refractivity contribution in [1.82, 2.24) is 0 Å². The molecular formula is C10H14Cl4Ti. The van der Waals surface area contributed by atoms with Gasteiger partial charge < -0.3 is 0 Å². The topological polar surface area (TPSA) is 0 Å². The van der Waals surface area contributed by atoms with E-state index in [1.807, 2.05) is 0 Å². The van der Waals surface area contributed by atoms with Gasteiger partial charge in [0.15, 0.2) is 0 Å². The van der Waals surface area contributed by atoms with Crippen LogP contribution in [0.1, 0.15) is 0 Å². The van der Waals surface area contributed by atoms with Crippen LogP contribution in [0.2, 0.25) is 42.2 Å². The van der Waals surface area contributed by atoms with Gasteiger partial charge in [0.25, 0.3) is 0 Å². The summed E-state index contributed by atoms with van der Waals surface area (Å²) in [6.45, 7) is 0. The third-order valence-electron chi connectivity index (χ3n) is 20.1. The van der Waals surface area contributed by atoms with Crippen LogP contribution < -0.4 is 0 Å². The van der Waals surface area contributed by atoms with Gasteiger partial charge in [-0.15, -0.1) is 49.6 Å². The van der Waals surface area contributed by atoms with Gasteiger partial charge in [0.1, 0.15) is 0 Å². The van der Waals surface area contributed by atoms with Crippen LogP contribution in [0.25, 0.3) is 0 Å². The standard InChI is InChI=1S/2C5H5.4ClH.Ti/c2*1-2-4-5-3-1;;;;;/h2*1-5H;4*1H;. The van der Waals surface area contributed by atoms with E-state index in [2.05, 4.69) is 0 Å². The molecule has 10 aliphatic rings. The summed E-state index contributed by atoms with van der Waals surface area (Å²) in [5, 5.41) is 0. The Morgan fingerprint density at radius 1 is 0.333 bits per heavy atom. The van der Waals surface area contributed by atoms with Crippen molar-refractivity contribution in [3.8, 4) is 0 Å². The second kappa shape index (κ2) is 0.594. The second-order valence-corrected chi connectivity index (χ2v) is 46.6. The van der Waals surface area contributed by atoms with Crippen LogP contribution in [0, 0.1) is 0 Å². The summed E-state index contributed by atoms with van der Waals surface area (Å²) in [6, 6.07) is 0. The molecule has 0 aromatic heterocycles. The maximum atomic E-state index is 1.62. The molecule has 0 unspecified atom stereocenters. The van der Waals surface area contributed by atoms with Crippen molar-refractivity contribution in [2.24, 2.45) is 0 Å². The summed E-state index contributed by atoms with van der Waals surface area (Å²) < 4.78 is 16.2. The van der Waals surface area contributed by atoms with E-state index >= 15 is 0 Å². The monoisotopic (exact) mass is 322 g/mol. The molecular weight excluding hydrogens is 310 g/mol. The van der Waals surface area contributed by atoms with Crippen molar-refractivity contribution < 1.29 is 8.89 Å². The Morgan fingerprint density at radius 3 is 0.467 bits per heavy atom. The van der Waals surface area contributed by atoms with Gasteiger partial charge in [0.05, 0.1) is 0 Å². The van der Waals surface area contributed by atoms with Gasteiger partial charge in [-0.1, -0.05) is 0 Å². The van der Waals surface area contributed by atoms with E-state index in [-0.39, 0.29) is 49.6 Å². The van der Waals surface area contributed by atoms with Gasteiger partial charge in [-0.2, -0.15) is 0 Å². The quantitative estimate of drug-likeness (QED) is 0.546. The summed E-state index contributed by atoms with van der Waals surface area (Å²) in [7, 11) is -2.63. The van der Waals surface area contributed by atoms with Crippen molar-refractivity contribution in [3.05, 3.63) is 0 Å². The van der Waals surface area contributed by atoms with Gasteiger partial charge in [-0.25, -0.2) is 0 Å². The fourth-order valence-corrected chi connectivity index (χ4v) is 143. The second-order valence-electron chi connectivity index (χ2n) is 12.8. The Hall–Kier alpha value is 1.87. The number of hydrogen-bond donors (Lipinski definition) is 0. The molecule has 0 saturated carbocycles. The zero-order valence-corrected chi connectivity index (χ0v) is 12.7. The average molecular weight is 324 g/mol. The Balaban J connectivity index is 0.000000143. The predicted octanol–water partition coefficient (Wildman–Crippen LogP) is 5.06. The Kier molecular flexibility index (Phi) is 0.352. The summed E-state index contributed by atoms with van der Waals surface area (Å²) in [6.07, 6.45) is 0. The van der Waals surface area contributed by atoms with Gasteiger partial charge >= 0.3 is 51.1 Å². The molecule has 0 atom stereocenters. The van der Waals surface area contributed by atoms with Crippen LogP contribution in [0.3, 0.4) is 0 Å². The van der Waals surface area contributed by atoms with E-state index in [1.165, 1.54) is 0 Å². The normalized spacial score (nSPS) is 125. The van der Waals surface area contributed by atoms with Crippen LogP contribution in [0.15, 0.2) is 0 Å². The molecule has 1 spiro atoms. The fourth-order valence-electron chi connectivity index (χ4n) is 23.2. The van der Waals surface area contributed by atoms with E-state index in [1.54, 1.807) is 42.2 Å². The van der Waals surface area contributed by atoms with E-state index in [0.717, 1.165) is 0 Å². The van der Waals surface area contributed by atoms with E-state index < -0.39 is 8.89 Å². The summed E-state index contributed by atoms with van der Waals surface area (Å²) in [5.74, 6) is 0. The van der Waals surface area contributed by atoms with Gasteiger partial charge in [0, 0.05) is 0 Å². The average Bonchev–Trinajstić information content (AvgIpc) is 3.01. The molecule has 10 saturated heterocycles. The van der Waals surface area contributed by atoms with Crippen molar-refractivity contribution in [2.45, 2.75) is 42.2 Å². The van der Waals surface area contributed by atoms with Gasteiger partial charge in [0.2, 0.25) is 0 Å². The van der Waals surface area contributed by atoms with Crippen LogP contribution in [0.5, 0.6) is 0 Å². The number of fused-ring (bicyclic) bond motifs is 10. The molecule has 0 N–H and O–H groups in total. The number of rotatable bonds is 0. The maximum absolute atomic E-state index is 2.63. The summed E-state index contributed by atoms with van der Waals surface area (Å²) in [4.78, 5) is 0. The molecule has 10 heterocycles. The molecule has 0 nitrogen and oxygen atoms in total. The molecule has 0 radical (unpaired) electrons. The van der Waals surface area contributed by atoms with Crippen LogP contribution in [-0.4, -0.2) is 0 Å². The van der Waals surface area contributed by atoms with Crippen molar-refractivity contribution in [3.63, 3.8) is 0 Å². The molecule has 5 heteroatoms. The van der Waals surface area contributed by atoms with Crippen molar-refractivity contribution in [2.75, 3.05) is 0 Å². The third kappa shape index (κ3) is 0.0750. The first kappa shape index (κ1) is 8.89.